The molecule has 0 amide bonds. The predicted molar refractivity (Wildman–Crippen MR) is 106 cm³/mol. The summed E-state index contributed by atoms with van der Waals surface area (Å²) >= 11 is 7.66. The molecule has 0 aliphatic heterocycles. The Hall–Kier alpha value is -2.02. The monoisotopic (exact) mass is 389 g/mol. The normalized spacial score (nSPS) is 10.9. The van der Waals surface area contributed by atoms with Crippen LogP contribution in [0.3, 0.4) is 0 Å². The first-order valence-corrected chi connectivity index (χ1v) is 9.65. The van der Waals surface area contributed by atoms with E-state index in [-0.39, 0.29) is 0 Å². The van der Waals surface area contributed by atoms with E-state index in [1.165, 1.54) is 0 Å². The van der Waals surface area contributed by atoms with E-state index in [1.54, 1.807) is 18.9 Å². The summed E-state index contributed by atoms with van der Waals surface area (Å²) in [5, 5.41) is 10.3. The standard InChI is InChI=1S/C19H20ClN3O2S/c1-3-25-11-12-26-19-22-21-18(14-5-4-6-17(13-14)24-2)23(19)16-9-7-15(20)8-10-16/h4-10,13H,3,11-12H2,1-2H3. The van der Waals surface area contributed by atoms with Gasteiger partial charge in [-0.05, 0) is 43.3 Å². The molecule has 0 saturated heterocycles. The van der Waals surface area contributed by atoms with Gasteiger partial charge in [-0.1, -0.05) is 35.5 Å². The molecule has 0 N–H and O–H groups in total. The number of rotatable bonds is 8. The highest BCUT2D eigenvalue weighted by molar-refractivity contribution is 7.99. The van der Waals surface area contributed by atoms with Gasteiger partial charge in [0.15, 0.2) is 11.0 Å². The highest BCUT2D eigenvalue weighted by Gasteiger charge is 2.16. The van der Waals surface area contributed by atoms with Gasteiger partial charge in [-0.25, -0.2) is 0 Å². The fourth-order valence-electron chi connectivity index (χ4n) is 2.47. The molecule has 0 bridgehead atoms. The zero-order valence-corrected chi connectivity index (χ0v) is 16.3. The molecule has 0 aliphatic rings. The molecule has 2 aromatic carbocycles. The zero-order valence-electron chi connectivity index (χ0n) is 14.7. The predicted octanol–water partition coefficient (Wildman–Crippen LogP) is 4.72. The van der Waals surface area contributed by atoms with Crippen molar-refractivity contribution in [1.82, 2.24) is 14.8 Å². The Labute approximate surface area is 162 Å². The molecule has 136 valence electrons. The summed E-state index contributed by atoms with van der Waals surface area (Å²) < 4.78 is 12.8. The van der Waals surface area contributed by atoms with Crippen molar-refractivity contribution < 1.29 is 9.47 Å². The number of aromatic nitrogens is 3. The van der Waals surface area contributed by atoms with E-state index in [9.17, 15) is 0 Å². The zero-order chi connectivity index (χ0) is 18.4. The Balaban J connectivity index is 2.00. The highest BCUT2D eigenvalue weighted by Crippen LogP contribution is 2.30. The van der Waals surface area contributed by atoms with Crippen LogP contribution in [0.15, 0.2) is 53.7 Å². The topological polar surface area (TPSA) is 49.2 Å². The number of methoxy groups -OCH3 is 1. The third-order valence-corrected chi connectivity index (χ3v) is 4.85. The van der Waals surface area contributed by atoms with Crippen LogP contribution >= 0.6 is 23.4 Å². The minimum absolute atomic E-state index is 0.670. The first-order valence-electron chi connectivity index (χ1n) is 8.29. The second-order valence-corrected chi connectivity index (χ2v) is 6.89. The van der Waals surface area contributed by atoms with Crippen LogP contribution in [0.2, 0.25) is 5.02 Å². The van der Waals surface area contributed by atoms with Gasteiger partial charge < -0.3 is 9.47 Å². The molecule has 0 spiro atoms. The molecule has 3 aromatic rings. The van der Waals surface area contributed by atoms with Crippen molar-refractivity contribution in [2.75, 3.05) is 26.1 Å². The SMILES string of the molecule is CCOCCSc1nnc(-c2cccc(OC)c2)n1-c1ccc(Cl)cc1. The van der Waals surface area contributed by atoms with Crippen LogP contribution in [0, 0.1) is 0 Å². The van der Waals surface area contributed by atoms with Gasteiger partial charge in [-0.15, -0.1) is 10.2 Å². The van der Waals surface area contributed by atoms with Crippen LogP contribution in [-0.2, 0) is 4.74 Å². The van der Waals surface area contributed by atoms with Crippen molar-refractivity contribution in [2.45, 2.75) is 12.1 Å². The van der Waals surface area contributed by atoms with E-state index >= 15 is 0 Å². The van der Waals surface area contributed by atoms with E-state index in [1.807, 2.05) is 60.0 Å². The molecule has 1 heterocycles. The van der Waals surface area contributed by atoms with Crippen LogP contribution in [0.5, 0.6) is 5.75 Å². The van der Waals surface area contributed by atoms with Crippen LogP contribution < -0.4 is 4.74 Å². The van der Waals surface area contributed by atoms with E-state index in [0.29, 0.717) is 18.2 Å². The second-order valence-electron chi connectivity index (χ2n) is 5.40. The van der Waals surface area contributed by atoms with Gasteiger partial charge in [0.05, 0.1) is 13.7 Å². The number of benzene rings is 2. The molecule has 1 aromatic heterocycles. The molecule has 0 radical (unpaired) electrons. The lowest BCUT2D eigenvalue weighted by Gasteiger charge is -2.11. The third-order valence-electron chi connectivity index (χ3n) is 3.71. The maximum atomic E-state index is 6.05. The number of thioether (sulfide) groups is 1. The molecule has 5 nitrogen and oxygen atoms in total. The summed E-state index contributed by atoms with van der Waals surface area (Å²) in [5.41, 5.74) is 1.89. The maximum Gasteiger partial charge on any atom is 0.196 e. The summed E-state index contributed by atoms with van der Waals surface area (Å²) in [6.07, 6.45) is 0. The van der Waals surface area contributed by atoms with Crippen LogP contribution in [0.1, 0.15) is 6.92 Å². The second kappa shape index (κ2) is 9.07. The van der Waals surface area contributed by atoms with Gasteiger partial charge in [-0.2, -0.15) is 0 Å². The highest BCUT2D eigenvalue weighted by atomic mass is 35.5. The molecule has 7 heteroatoms. The Morgan fingerprint density at radius 3 is 2.65 bits per heavy atom. The Bertz CT molecular complexity index is 852. The molecule has 0 fully saturated rings. The fourth-order valence-corrected chi connectivity index (χ4v) is 3.40. The van der Waals surface area contributed by atoms with E-state index in [4.69, 9.17) is 21.1 Å². The average molecular weight is 390 g/mol. The molecular formula is C19H20ClN3O2S. The average Bonchev–Trinajstić information content (AvgIpc) is 3.10. The van der Waals surface area contributed by atoms with Crippen molar-refractivity contribution in [3.63, 3.8) is 0 Å². The molecule has 3 rings (SSSR count). The van der Waals surface area contributed by atoms with Gasteiger partial charge in [0.1, 0.15) is 5.75 Å². The molecule has 0 atom stereocenters. The quantitative estimate of drug-likeness (QED) is 0.412. The third kappa shape index (κ3) is 4.38. The first-order chi connectivity index (χ1) is 12.7. The maximum absolute atomic E-state index is 6.05. The Morgan fingerprint density at radius 1 is 1.12 bits per heavy atom. The smallest absolute Gasteiger partial charge is 0.196 e. The molecule has 0 aliphatic carbocycles. The molecule has 26 heavy (non-hydrogen) atoms. The Kier molecular flexibility index (Phi) is 6.55. The number of hydrogen-bond acceptors (Lipinski definition) is 5. The first kappa shape index (κ1) is 18.8. The van der Waals surface area contributed by atoms with Gasteiger partial charge in [0, 0.05) is 28.6 Å². The van der Waals surface area contributed by atoms with Gasteiger partial charge in [-0.3, -0.25) is 4.57 Å². The van der Waals surface area contributed by atoms with Crippen LogP contribution in [0.4, 0.5) is 0 Å². The largest absolute Gasteiger partial charge is 0.497 e. The van der Waals surface area contributed by atoms with Crippen molar-refractivity contribution in [3.8, 4) is 22.8 Å². The van der Waals surface area contributed by atoms with Crippen LogP contribution in [0.25, 0.3) is 17.1 Å². The van der Waals surface area contributed by atoms with Crippen LogP contribution in [-0.4, -0.2) is 40.8 Å². The minimum Gasteiger partial charge on any atom is -0.497 e. The van der Waals surface area contributed by atoms with Gasteiger partial charge in [0.25, 0.3) is 0 Å². The van der Waals surface area contributed by atoms with Gasteiger partial charge in [0.2, 0.25) is 0 Å². The minimum atomic E-state index is 0.670. The molecular weight excluding hydrogens is 370 g/mol. The fraction of sp³-hybridized carbons (Fsp3) is 0.263. The van der Waals surface area contributed by atoms with Gasteiger partial charge >= 0.3 is 0 Å². The summed E-state index contributed by atoms with van der Waals surface area (Å²) in [6.45, 7) is 3.37. The number of hydrogen-bond donors (Lipinski definition) is 0. The number of ether oxygens (including phenoxy) is 2. The number of halogens is 1. The van der Waals surface area contributed by atoms with Crippen molar-refractivity contribution in [1.29, 1.82) is 0 Å². The summed E-state index contributed by atoms with van der Waals surface area (Å²) in [7, 11) is 1.65. The summed E-state index contributed by atoms with van der Waals surface area (Å²) in [4.78, 5) is 0. The van der Waals surface area contributed by atoms with Crippen molar-refractivity contribution in [2.24, 2.45) is 0 Å². The van der Waals surface area contributed by atoms with E-state index < -0.39 is 0 Å². The number of nitrogens with zero attached hydrogens (tertiary/aromatic N) is 3. The van der Waals surface area contributed by atoms with Crippen molar-refractivity contribution in [3.05, 3.63) is 53.6 Å². The van der Waals surface area contributed by atoms with E-state index in [0.717, 1.165) is 33.7 Å². The summed E-state index contributed by atoms with van der Waals surface area (Å²) in [5.74, 6) is 2.33. The molecule has 0 saturated carbocycles. The lowest BCUT2D eigenvalue weighted by molar-refractivity contribution is 0.164. The van der Waals surface area contributed by atoms with Crippen molar-refractivity contribution >= 4 is 23.4 Å². The Morgan fingerprint density at radius 2 is 1.92 bits per heavy atom. The lowest BCUT2D eigenvalue weighted by atomic mass is 10.2. The summed E-state index contributed by atoms with van der Waals surface area (Å²) in [6, 6.07) is 15.4. The van der Waals surface area contributed by atoms with E-state index in [2.05, 4.69) is 10.2 Å². The molecule has 0 unspecified atom stereocenters. The lowest BCUT2D eigenvalue weighted by Crippen LogP contribution is -2.02.